The summed E-state index contributed by atoms with van der Waals surface area (Å²) in [5, 5.41) is 0. The van der Waals surface area contributed by atoms with Gasteiger partial charge in [-0.3, -0.25) is 14.2 Å². The van der Waals surface area contributed by atoms with Gasteiger partial charge >= 0.3 is 11.9 Å². The molecule has 2 aromatic rings. The highest BCUT2D eigenvalue weighted by Crippen LogP contribution is 2.36. The molecule has 1 unspecified atom stereocenters. The Balaban J connectivity index is 1.59. The van der Waals surface area contributed by atoms with Crippen molar-refractivity contribution in [2.75, 3.05) is 6.61 Å². The Morgan fingerprint density at radius 1 is 1.14 bits per heavy atom. The van der Waals surface area contributed by atoms with Crippen molar-refractivity contribution in [3.63, 3.8) is 0 Å². The van der Waals surface area contributed by atoms with Crippen LogP contribution >= 0.6 is 0 Å². The van der Waals surface area contributed by atoms with E-state index in [1.54, 1.807) is 12.7 Å². The molecule has 2 fully saturated rings. The van der Waals surface area contributed by atoms with Gasteiger partial charge in [0.15, 0.2) is 5.65 Å². The fraction of sp³-hybridized carbons (Fsp3) is 0.650. The molecule has 156 valence electrons. The molecular weight excluding hydrogens is 376 g/mol. The Bertz CT molecular complexity index is 892. The van der Waals surface area contributed by atoms with Crippen LogP contribution in [0.2, 0.25) is 0 Å². The first-order chi connectivity index (χ1) is 14.0. The van der Waals surface area contributed by atoms with E-state index in [9.17, 15) is 9.59 Å². The van der Waals surface area contributed by atoms with Crippen molar-refractivity contribution in [1.82, 2.24) is 19.5 Å². The maximum Gasteiger partial charge on any atom is 0.303 e. The Hall–Kier alpha value is -2.55. The van der Waals surface area contributed by atoms with Crippen LogP contribution < -0.4 is 0 Å². The van der Waals surface area contributed by atoms with Crippen LogP contribution in [-0.4, -0.2) is 50.3 Å². The number of esters is 2. The third-order valence-corrected chi connectivity index (χ3v) is 5.64. The van der Waals surface area contributed by atoms with Crippen LogP contribution in [-0.2, 0) is 23.8 Å². The SMILES string of the molecule is CC(=O)OC[C@@H]1OC(n2cnc3c(C4CCCCC4)ncnc32)C[C@H]1OC(C)=O. The number of ether oxygens (including phenoxy) is 3. The van der Waals surface area contributed by atoms with E-state index in [0.717, 1.165) is 24.1 Å². The van der Waals surface area contributed by atoms with Gasteiger partial charge in [-0.05, 0) is 12.8 Å². The number of nitrogens with zero attached hydrogens (tertiary/aromatic N) is 4. The normalized spacial score (nSPS) is 25.2. The first kappa shape index (κ1) is 19.8. The van der Waals surface area contributed by atoms with Gasteiger partial charge in [0.05, 0.1) is 12.0 Å². The molecule has 29 heavy (non-hydrogen) atoms. The van der Waals surface area contributed by atoms with Crippen molar-refractivity contribution in [3.05, 3.63) is 18.3 Å². The minimum Gasteiger partial charge on any atom is -0.463 e. The smallest absolute Gasteiger partial charge is 0.303 e. The van der Waals surface area contributed by atoms with E-state index in [1.807, 2.05) is 4.57 Å². The average Bonchev–Trinajstić information content (AvgIpc) is 3.30. The zero-order valence-electron chi connectivity index (χ0n) is 16.7. The van der Waals surface area contributed by atoms with Crippen molar-refractivity contribution in [1.29, 1.82) is 0 Å². The Labute approximate surface area is 168 Å². The largest absolute Gasteiger partial charge is 0.463 e. The summed E-state index contributed by atoms with van der Waals surface area (Å²) in [5.41, 5.74) is 2.51. The molecule has 0 bridgehead atoms. The molecule has 2 aromatic heterocycles. The summed E-state index contributed by atoms with van der Waals surface area (Å²) in [4.78, 5) is 36.2. The lowest BCUT2D eigenvalue weighted by Gasteiger charge is -2.21. The maximum absolute atomic E-state index is 11.5. The molecule has 0 radical (unpaired) electrons. The highest BCUT2D eigenvalue weighted by atomic mass is 16.6. The van der Waals surface area contributed by atoms with E-state index in [2.05, 4.69) is 15.0 Å². The topological polar surface area (TPSA) is 105 Å². The van der Waals surface area contributed by atoms with Crippen molar-refractivity contribution < 1.29 is 23.8 Å². The summed E-state index contributed by atoms with van der Waals surface area (Å²) in [6.07, 6.45) is 8.20. The van der Waals surface area contributed by atoms with Gasteiger partial charge < -0.3 is 14.2 Å². The quantitative estimate of drug-likeness (QED) is 0.703. The number of hydrogen-bond donors (Lipinski definition) is 0. The summed E-state index contributed by atoms with van der Waals surface area (Å²) < 4.78 is 18.4. The molecule has 0 amide bonds. The van der Waals surface area contributed by atoms with E-state index in [1.165, 1.54) is 33.1 Å². The Morgan fingerprint density at radius 2 is 1.93 bits per heavy atom. The summed E-state index contributed by atoms with van der Waals surface area (Å²) in [5.74, 6) is -0.395. The monoisotopic (exact) mass is 402 g/mol. The first-order valence-corrected chi connectivity index (χ1v) is 10.2. The predicted octanol–water partition coefficient (Wildman–Crippen LogP) is 2.66. The molecule has 4 rings (SSSR count). The third kappa shape index (κ3) is 4.24. The maximum atomic E-state index is 11.5. The molecule has 0 aromatic carbocycles. The second-order valence-corrected chi connectivity index (χ2v) is 7.73. The number of fused-ring (bicyclic) bond motifs is 1. The van der Waals surface area contributed by atoms with Crippen LogP contribution in [0.3, 0.4) is 0 Å². The lowest BCUT2D eigenvalue weighted by Crippen LogP contribution is -2.31. The molecule has 0 N–H and O–H groups in total. The highest BCUT2D eigenvalue weighted by molar-refractivity contribution is 5.74. The van der Waals surface area contributed by atoms with Crippen LogP contribution in [0.1, 0.15) is 70.2 Å². The van der Waals surface area contributed by atoms with Gasteiger partial charge in [0, 0.05) is 26.2 Å². The molecule has 2 aliphatic rings. The van der Waals surface area contributed by atoms with Crippen LogP contribution in [0.4, 0.5) is 0 Å². The molecule has 3 heterocycles. The third-order valence-electron chi connectivity index (χ3n) is 5.64. The number of hydrogen-bond acceptors (Lipinski definition) is 8. The molecule has 1 aliphatic carbocycles. The minimum absolute atomic E-state index is 0.0265. The van der Waals surface area contributed by atoms with Crippen LogP contribution in [0, 0.1) is 0 Å². The van der Waals surface area contributed by atoms with Gasteiger partial charge in [-0.1, -0.05) is 19.3 Å². The van der Waals surface area contributed by atoms with E-state index >= 15 is 0 Å². The van der Waals surface area contributed by atoms with Crippen molar-refractivity contribution in [3.8, 4) is 0 Å². The van der Waals surface area contributed by atoms with E-state index in [4.69, 9.17) is 14.2 Å². The molecule has 1 aliphatic heterocycles. The lowest BCUT2D eigenvalue weighted by molar-refractivity contribution is -0.155. The molecular formula is C20H26N4O5. The van der Waals surface area contributed by atoms with Gasteiger partial charge in [0.2, 0.25) is 0 Å². The summed E-state index contributed by atoms with van der Waals surface area (Å²) in [7, 11) is 0. The number of rotatable bonds is 5. The predicted molar refractivity (Wildman–Crippen MR) is 102 cm³/mol. The fourth-order valence-electron chi connectivity index (χ4n) is 4.31. The second-order valence-electron chi connectivity index (χ2n) is 7.73. The summed E-state index contributed by atoms with van der Waals surface area (Å²) >= 11 is 0. The highest BCUT2D eigenvalue weighted by Gasteiger charge is 2.40. The minimum atomic E-state index is -0.537. The zero-order chi connectivity index (χ0) is 20.4. The summed E-state index contributed by atoms with van der Waals surface area (Å²) in [6, 6.07) is 0. The molecule has 0 spiro atoms. The van der Waals surface area contributed by atoms with Gasteiger partial charge in [-0.15, -0.1) is 0 Å². The van der Waals surface area contributed by atoms with Crippen LogP contribution in [0.25, 0.3) is 11.2 Å². The van der Waals surface area contributed by atoms with Gasteiger partial charge in [0.1, 0.15) is 36.9 Å². The van der Waals surface area contributed by atoms with Gasteiger partial charge in [-0.25, -0.2) is 15.0 Å². The van der Waals surface area contributed by atoms with E-state index in [-0.39, 0.29) is 6.61 Å². The van der Waals surface area contributed by atoms with Crippen LogP contribution in [0.5, 0.6) is 0 Å². The molecule has 9 heteroatoms. The zero-order valence-corrected chi connectivity index (χ0v) is 16.7. The number of carbonyl (C=O) groups excluding carboxylic acids is 2. The summed E-state index contributed by atoms with van der Waals surface area (Å²) in [6.45, 7) is 2.71. The molecule has 9 nitrogen and oxygen atoms in total. The molecule has 3 atom stereocenters. The van der Waals surface area contributed by atoms with Crippen LogP contribution in [0.15, 0.2) is 12.7 Å². The fourth-order valence-corrected chi connectivity index (χ4v) is 4.31. The number of aromatic nitrogens is 4. The van der Waals surface area contributed by atoms with Crippen molar-refractivity contribution >= 4 is 23.1 Å². The number of carbonyl (C=O) groups is 2. The lowest BCUT2D eigenvalue weighted by atomic mass is 9.86. The first-order valence-electron chi connectivity index (χ1n) is 10.2. The van der Waals surface area contributed by atoms with Gasteiger partial charge in [0.25, 0.3) is 0 Å². The van der Waals surface area contributed by atoms with E-state index in [0.29, 0.717) is 18.0 Å². The number of imidazole rings is 1. The standard InChI is InChI=1S/C20H26N4O5/c1-12(25)27-9-16-15(28-13(2)26)8-17(29-16)24-11-23-19-18(21-10-22-20(19)24)14-6-4-3-5-7-14/h10-11,14-17H,3-9H2,1-2H3/t15-,16+,17?/m1/s1. The molecule has 1 saturated heterocycles. The van der Waals surface area contributed by atoms with E-state index < -0.39 is 30.4 Å². The molecule has 1 saturated carbocycles. The second kappa shape index (κ2) is 8.44. The Kier molecular flexibility index (Phi) is 5.75. The average molecular weight is 402 g/mol. The van der Waals surface area contributed by atoms with Crippen molar-refractivity contribution in [2.45, 2.75) is 76.7 Å². The van der Waals surface area contributed by atoms with Gasteiger partial charge in [-0.2, -0.15) is 0 Å². The van der Waals surface area contributed by atoms with Crippen molar-refractivity contribution in [2.24, 2.45) is 0 Å². The Morgan fingerprint density at radius 3 is 2.66 bits per heavy atom.